The van der Waals surface area contributed by atoms with Crippen LogP contribution in [0.4, 0.5) is 4.39 Å². The van der Waals surface area contributed by atoms with Gasteiger partial charge in [0.15, 0.2) is 5.43 Å². The molecule has 0 fully saturated rings. The quantitative estimate of drug-likeness (QED) is 0.486. The molecule has 28 heavy (non-hydrogen) atoms. The Morgan fingerprint density at radius 3 is 2.29 bits per heavy atom. The lowest BCUT2D eigenvalue weighted by molar-refractivity contribution is 0.396. The maximum Gasteiger partial charge on any atom is 0.197 e. The van der Waals surface area contributed by atoms with Gasteiger partial charge in [-0.1, -0.05) is 30.3 Å². The molecule has 5 heteroatoms. The lowest BCUT2D eigenvalue weighted by Crippen LogP contribution is -2.03. The van der Waals surface area contributed by atoms with Crippen LogP contribution in [0, 0.1) is 5.82 Å². The molecular weight excluding hydrogens is 359 g/mol. The summed E-state index contributed by atoms with van der Waals surface area (Å²) < 4.78 is 29.8. The molecule has 0 atom stereocenters. The van der Waals surface area contributed by atoms with Gasteiger partial charge in [0.25, 0.3) is 0 Å². The third kappa shape index (κ3) is 3.22. The second-order valence-electron chi connectivity index (χ2n) is 6.27. The predicted molar refractivity (Wildman–Crippen MR) is 106 cm³/mol. The fourth-order valence-electron chi connectivity index (χ4n) is 3.14. The van der Waals surface area contributed by atoms with Crippen LogP contribution in [0.5, 0.6) is 11.5 Å². The van der Waals surface area contributed by atoms with E-state index in [9.17, 15) is 9.18 Å². The fraction of sp³-hybridized carbons (Fsp3) is 0.0870. The van der Waals surface area contributed by atoms with Crippen LogP contribution in [0.2, 0.25) is 0 Å². The number of benzene rings is 3. The van der Waals surface area contributed by atoms with E-state index in [2.05, 4.69) is 0 Å². The van der Waals surface area contributed by atoms with Gasteiger partial charge in [0, 0.05) is 23.8 Å². The molecule has 0 N–H and O–H groups in total. The number of halogens is 1. The molecule has 140 valence electrons. The first-order valence-corrected chi connectivity index (χ1v) is 8.65. The van der Waals surface area contributed by atoms with Gasteiger partial charge in [-0.2, -0.15) is 0 Å². The molecule has 4 aromatic rings. The van der Waals surface area contributed by atoms with Gasteiger partial charge in [0.05, 0.1) is 14.2 Å². The van der Waals surface area contributed by atoms with E-state index in [1.54, 1.807) is 24.3 Å². The summed E-state index contributed by atoms with van der Waals surface area (Å²) in [4.78, 5) is 12.7. The van der Waals surface area contributed by atoms with Crippen molar-refractivity contribution in [2.45, 2.75) is 0 Å². The zero-order valence-electron chi connectivity index (χ0n) is 15.4. The van der Waals surface area contributed by atoms with Crippen molar-refractivity contribution in [3.8, 4) is 33.9 Å². The Labute approximate surface area is 160 Å². The van der Waals surface area contributed by atoms with Gasteiger partial charge in [-0.15, -0.1) is 0 Å². The van der Waals surface area contributed by atoms with Crippen molar-refractivity contribution in [3.05, 3.63) is 82.8 Å². The Bertz CT molecular complexity index is 1210. The van der Waals surface area contributed by atoms with E-state index in [1.165, 1.54) is 32.4 Å². The molecule has 4 rings (SSSR count). The van der Waals surface area contributed by atoms with Crippen molar-refractivity contribution in [2.24, 2.45) is 0 Å². The molecule has 1 aromatic heterocycles. The van der Waals surface area contributed by atoms with Gasteiger partial charge in [-0.05, 0) is 29.3 Å². The average Bonchev–Trinajstić information content (AvgIpc) is 2.73. The van der Waals surface area contributed by atoms with Crippen LogP contribution in [0.1, 0.15) is 0 Å². The van der Waals surface area contributed by atoms with Crippen LogP contribution in [0.25, 0.3) is 33.4 Å². The lowest BCUT2D eigenvalue weighted by Gasteiger charge is -2.10. The second-order valence-corrected chi connectivity index (χ2v) is 6.27. The zero-order valence-corrected chi connectivity index (χ0v) is 15.4. The van der Waals surface area contributed by atoms with E-state index < -0.39 is 0 Å². The Morgan fingerprint density at radius 2 is 1.57 bits per heavy atom. The minimum atomic E-state index is -0.289. The van der Waals surface area contributed by atoms with Crippen molar-refractivity contribution in [1.29, 1.82) is 0 Å². The average molecular weight is 376 g/mol. The van der Waals surface area contributed by atoms with E-state index in [-0.39, 0.29) is 11.2 Å². The van der Waals surface area contributed by atoms with Crippen molar-refractivity contribution < 1.29 is 18.3 Å². The molecule has 0 spiro atoms. The molecular formula is C23H17FO4. The highest BCUT2D eigenvalue weighted by Gasteiger charge is 2.14. The summed E-state index contributed by atoms with van der Waals surface area (Å²) in [5.41, 5.74) is 2.68. The number of hydrogen-bond donors (Lipinski definition) is 0. The van der Waals surface area contributed by atoms with Crippen LogP contribution in [-0.4, -0.2) is 14.2 Å². The molecule has 0 aliphatic rings. The molecule has 0 radical (unpaired) electrons. The van der Waals surface area contributed by atoms with Crippen molar-refractivity contribution in [3.63, 3.8) is 0 Å². The van der Waals surface area contributed by atoms with Gasteiger partial charge in [0.2, 0.25) is 0 Å². The minimum Gasteiger partial charge on any atom is -0.496 e. The van der Waals surface area contributed by atoms with Gasteiger partial charge in [-0.25, -0.2) is 4.39 Å². The van der Waals surface area contributed by atoms with Crippen molar-refractivity contribution in [1.82, 2.24) is 0 Å². The highest BCUT2D eigenvalue weighted by Crippen LogP contribution is 2.32. The molecule has 4 nitrogen and oxygen atoms in total. The number of hydrogen-bond acceptors (Lipinski definition) is 4. The van der Waals surface area contributed by atoms with Crippen molar-refractivity contribution >= 4 is 11.0 Å². The Hall–Kier alpha value is -3.60. The van der Waals surface area contributed by atoms with Crippen molar-refractivity contribution in [2.75, 3.05) is 14.2 Å². The summed E-state index contributed by atoms with van der Waals surface area (Å²) in [7, 11) is 3.03. The van der Waals surface area contributed by atoms with Crippen LogP contribution < -0.4 is 14.9 Å². The van der Waals surface area contributed by atoms with E-state index in [1.807, 2.05) is 24.3 Å². The monoisotopic (exact) mass is 376 g/mol. The first kappa shape index (κ1) is 17.8. The Morgan fingerprint density at radius 1 is 0.821 bits per heavy atom. The van der Waals surface area contributed by atoms with E-state index in [0.717, 1.165) is 16.7 Å². The first-order chi connectivity index (χ1) is 13.6. The zero-order chi connectivity index (χ0) is 19.7. The SMILES string of the molecule is COc1cc(OC)c2c(=O)cc(-c3cccc(-c4ccc(F)cc4)c3)oc2c1. The summed E-state index contributed by atoms with van der Waals surface area (Å²) >= 11 is 0. The molecule has 3 aromatic carbocycles. The smallest absolute Gasteiger partial charge is 0.197 e. The summed E-state index contributed by atoms with van der Waals surface area (Å²) in [6.45, 7) is 0. The topological polar surface area (TPSA) is 48.7 Å². The van der Waals surface area contributed by atoms with Crippen LogP contribution in [-0.2, 0) is 0 Å². The Kier molecular flexibility index (Phi) is 4.57. The number of methoxy groups -OCH3 is 2. The maximum atomic E-state index is 13.2. The highest BCUT2D eigenvalue weighted by molar-refractivity contribution is 5.86. The number of rotatable bonds is 4. The molecule has 0 bridgehead atoms. The first-order valence-electron chi connectivity index (χ1n) is 8.65. The standard InChI is InChI=1S/C23H17FO4/c1-26-18-11-21(27-2)23-19(25)13-20(28-22(23)12-18)16-5-3-4-15(10-16)14-6-8-17(24)9-7-14/h3-13H,1-2H3. The lowest BCUT2D eigenvalue weighted by atomic mass is 10.0. The van der Waals surface area contributed by atoms with Gasteiger partial charge >= 0.3 is 0 Å². The largest absolute Gasteiger partial charge is 0.496 e. The summed E-state index contributed by atoms with van der Waals surface area (Å²) in [5.74, 6) is 1.07. The van der Waals surface area contributed by atoms with E-state index in [0.29, 0.717) is 28.2 Å². The van der Waals surface area contributed by atoms with E-state index >= 15 is 0 Å². The maximum absolute atomic E-state index is 13.2. The summed E-state index contributed by atoms with van der Waals surface area (Å²) in [6.07, 6.45) is 0. The molecule has 1 heterocycles. The van der Waals surface area contributed by atoms with Crippen LogP contribution in [0.15, 0.2) is 75.9 Å². The molecule has 0 aliphatic heterocycles. The summed E-state index contributed by atoms with van der Waals surface area (Å²) in [6, 6.07) is 18.5. The van der Waals surface area contributed by atoms with E-state index in [4.69, 9.17) is 13.9 Å². The van der Waals surface area contributed by atoms with Gasteiger partial charge < -0.3 is 13.9 Å². The van der Waals surface area contributed by atoms with Gasteiger partial charge in [0.1, 0.15) is 34.0 Å². The Balaban J connectivity index is 1.86. The van der Waals surface area contributed by atoms with Crippen LogP contribution >= 0.6 is 0 Å². The predicted octanol–water partition coefficient (Wildman–Crippen LogP) is 5.28. The fourth-order valence-corrected chi connectivity index (χ4v) is 3.14. The third-order valence-corrected chi connectivity index (χ3v) is 4.55. The number of fused-ring (bicyclic) bond motifs is 1. The third-order valence-electron chi connectivity index (χ3n) is 4.55. The normalized spacial score (nSPS) is 10.8. The molecule has 0 unspecified atom stereocenters. The second kappa shape index (κ2) is 7.19. The molecule has 0 saturated carbocycles. The molecule has 0 saturated heterocycles. The van der Waals surface area contributed by atoms with Gasteiger partial charge in [-0.3, -0.25) is 4.79 Å². The minimum absolute atomic E-state index is 0.206. The number of ether oxygens (including phenoxy) is 2. The highest BCUT2D eigenvalue weighted by atomic mass is 19.1. The molecule has 0 aliphatic carbocycles. The molecule has 0 amide bonds. The summed E-state index contributed by atoms with van der Waals surface area (Å²) in [5, 5.41) is 0.363. The van der Waals surface area contributed by atoms with Crippen LogP contribution in [0.3, 0.4) is 0 Å².